The van der Waals surface area contributed by atoms with Crippen molar-refractivity contribution in [2.24, 2.45) is 5.73 Å². The highest BCUT2D eigenvalue weighted by Gasteiger charge is 2.11. The van der Waals surface area contributed by atoms with E-state index in [0.717, 1.165) is 5.56 Å². The van der Waals surface area contributed by atoms with Crippen molar-refractivity contribution in [3.8, 4) is 0 Å². The molecule has 0 saturated heterocycles. The lowest BCUT2D eigenvalue weighted by molar-refractivity contribution is 0.262. The fourth-order valence-electron chi connectivity index (χ4n) is 1.92. The van der Waals surface area contributed by atoms with Crippen molar-refractivity contribution < 1.29 is 9.18 Å². The van der Waals surface area contributed by atoms with E-state index >= 15 is 0 Å². The topological polar surface area (TPSA) is 67.2 Å². The SMILES string of the molecule is Cc1cccc(NC(=O)Nc2ccc(F)cc2)c1C(N)=S. The zero-order chi connectivity index (χ0) is 15.4. The summed E-state index contributed by atoms with van der Waals surface area (Å²) in [4.78, 5) is 12.2. The van der Waals surface area contributed by atoms with E-state index in [4.69, 9.17) is 18.0 Å². The summed E-state index contributed by atoms with van der Waals surface area (Å²) in [6.07, 6.45) is 0. The standard InChI is InChI=1S/C15H14FN3OS/c1-9-3-2-4-12(13(9)14(17)21)19-15(20)18-11-7-5-10(16)6-8-11/h2-8H,1H3,(H2,17,21)(H2,18,19,20). The second-order valence-corrected chi connectivity index (χ2v) is 4.89. The van der Waals surface area contributed by atoms with E-state index in [2.05, 4.69) is 10.6 Å². The lowest BCUT2D eigenvalue weighted by Gasteiger charge is -2.13. The number of rotatable bonds is 3. The van der Waals surface area contributed by atoms with Crippen LogP contribution >= 0.6 is 12.2 Å². The first-order chi connectivity index (χ1) is 9.97. The summed E-state index contributed by atoms with van der Waals surface area (Å²) in [6.45, 7) is 1.86. The lowest BCUT2D eigenvalue weighted by Crippen LogP contribution is -2.22. The number of carbonyl (C=O) groups is 1. The number of urea groups is 1. The van der Waals surface area contributed by atoms with Crippen molar-refractivity contribution in [2.75, 3.05) is 10.6 Å². The fourth-order valence-corrected chi connectivity index (χ4v) is 2.19. The van der Waals surface area contributed by atoms with Crippen LogP contribution in [0.4, 0.5) is 20.6 Å². The molecule has 2 aromatic rings. The van der Waals surface area contributed by atoms with Gasteiger partial charge in [-0.3, -0.25) is 0 Å². The van der Waals surface area contributed by atoms with E-state index in [1.165, 1.54) is 24.3 Å². The Morgan fingerprint density at radius 2 is 1.81 bits per heavy atom. The minimum Gasteiger partial charge on any atom is -0.389 e. The molecule has 0 aliphatic heterocycles. The van der Waals surface area contributed by atoms with E-state index in [9.17, 15) is 9.18 Å². The molecule has 0 fully saturated rings. The Bertz CT molecular complexity index is 686. The Hall–Kier alpha value is -2.47. The molecule has 0 saturated carbocycles. The third-order valence-corrected chi connectivity index (χ3v) is 3.07. The second kappa shape index (κ2) is 6.32. The normalized spacial score (nSPS) is 10.0. The van der Waals surface area contributed by atoms with Crippen LogP contribution in [0.25, 0.3) is 0 Å². The molecule has 21 heavy (non-hydrogen) atoms. The van der Waals surface area contributed by atoms with Crippen LogP contribution in [0.2, 0.25) is 0 Å². The Labute approximate surface area is 127 Å². The Balaban J connectivity index is 2.15. The first-order valence-corrected chi connectivity index (χ1v) is 6.61. The van der Waals surface area contributed by atoms with Crippen LogP contribution in [0.15, 0.2) is 42.5 Å². The van der Waals surface area contributed by atoms with Crippen LogP contribution < -0.4 is 16.4 Å². The predicted octanol–water partition coefficient (Wildman–Crippen LogP) is 3.41. The molecule has 108 valence electrons. The summed E-state index contributed by atoms with van der Waals surface area (Å²) in [5, 5.41) is 5.29. The summed E-state index contributed by atoms with van der Waals surface area (Å²) in [5.41, 5.74) is 8.20. The van der Waals surface area contributed by atoms with Crippen molar-refractivity contribution in [1.29, 1.82) is 0 Å². The monoisotopic (exact) mass is 303 g/mol. The third-order valence-electron chi connectivity index (χ3n) is 2.87. The maximum atomic E-state index is 12.8. The lowest BCUT2D eigenvalue weighted by atomic mass is 10.1. The van der Waals surface area contributed by atoms with Crippen LogP contribution in [-0.2, 0) is 0 Å². The first-order valence-electron chi connectivity index (χ1n) is 6.20. The van der Waals surface area contributed by atoms with Gasteiger partial charge in [-0.2, -0.15) is 0 Å². The maximum absolute atomic E-state index is 12.8. The van der Waals surface area contributed by atoms with Crippen LogP contribution in [0, 0.1) is 12.7 Å². The van der Waals surface area contributed by atoms with Gasteiger partial charge in [-0.25, -0.2) is 9.18 Å². The van der Waals surface area contributed by atoms with Crippen molar-refractivity contribution in [2.45, 2.75) is 6.92 Å². The number of hydrogen-bond acceptors (Lipinski definition) is 2. The number of halogens is 1. The Kier molecular flexibility index (Phi) is 4.49. The van der Waals surface area contributed by atoms with Gasteiger partial charge in [0, 0.05) is 11.3 Å². The molecule has 4 nitrogen and oxygen atoms in total. The van der Waals surface area contributed by atoms with Crippen LogP contribution in [0.5, 0.6) is 0 Å². The molecule has 2 rings (SSSR count). The molecule has 0 bridgehead atoms. The molecule has 0 spiro atoms. The molecule has 2 amide bonds. The van der Waals surface area contributed by atoms with Gasteiger partial charge in [0.15, 0.2) is 0 Å². The van der Waals surface area contributed by atoms with E-state index in [0.29, 0.717) is 16.9 Å². The smallest absolute Gasteiger partial charge is 0.323 e. The molecule has 0 unspecified atom stereocenters. The average Bonchev–Trinajstić information content (AvgIpc) is 2.41. The number of benzene rings is 2. The molecule has 0 heterocycles. The number of thiocarbonyl (C=S) groups is 1. The number of anilines is 2. The van der Waals surface area contributed by atoms with Gasteiger partial charge in [-0.1, -0.05) is 24.4 Å². The molecule has 0 aliphatic carbocycles. The molecule has 6 heteroatoms. The van der Waals surface area contributed by atoms with Gasteiger partial charge >= 0.3 is 6.03 Å². The Morgan fingerprint density at radius 3 is 2.43 bits per heavy atom. The van der Waals surface area contributed by atoms with Gasteiger partial charge in [0.25, 0.3) is 0 Å². The summed E-state index contributed by atoms with van der Waals surface area (Å²) >= 11 is 5.00. The average molecular weight is 303 g/mol. The number of amides is 2. The summed E-state index contributed by atoms with van der Waals surface area (Å²) in [7, 11) is 0. The summed E-state index contributed by atoms with van der Waals surface area (Å²) in [5.74, 6) is -0.365. The second-order valence-electron chi connectivity index (χ2n) is 4.45. The molecule has 0 radical (unpaired) electrons. The third kappa shape index (κ3) is 3.76. The molecule has 0 atom stereocenters. The highest BCUT2D eigenvalue weighted by atomic mass is 32.1. The number of aryl methyl sites for hydroxylation is 1. The fraction of sp³-hybridized carbons (Fsp3) is 0.0667. The van der Waals surface area contributed by atoms with E-state index in [1.807, 2.05) is 13.0 Å². The number of nitrogens with two attached hydrogens (primary N) is 1. The van der Waals surface area contributed by atoms with E-state index in [-0.39, 0.29) is 10.8 Å². The molecule has 0 aromatic heterocycles. The van der Waals surface area contributed by atoms with Crippen molar-refractivity contribution >= 4 is 34.6 Å². The number of nitrogens with one attached hydrogen (secondary N) is 2. The zero-order valence-electron chi connectivity index (χ0n) is 11.3. The molecule has 0 aliphatic rings. The highest BCUT2D eigenvalue weighted by molar-refractivity contribution is 7.80. The van der Waals surface area contributed by atoms with Gasteiger partial charge in [0.1, 0.15) is 10.8 Å². The molecular weight excluding hydrogens is 289 g/mol. The van der Waals surface area contributed by atoms with E-state index in [1.54, 1.807) is 12.1 Å². The predicted molar refractivity (Wildman–Crippen MR) is 86.1 cm³/mol. The Morgan fingerprint density at radius 1 is 1.14 bits per heavy atom. The van der Waals surface area contributed by atoms with Gasteiger partial charge in [-0.15, -0.1) is 0 Å². The van der Waals surface area contributed by atoms with Crippen LogP contribution in [0.1, 0.15) is 11.1 Å². The summed E-state index contributed by atoms with van der Waals surface area (Å²) in [6, 6.07) is 10.4. The highest BCUT2D eigenvalue weighted by Crippen LogP contribution is 2.20. The van der Waals surface area contributed by atoms with Crippen LogP contribution in [0.3, 0.4) is 0 Å². The maximum Gasteiger partial charge on any atom is 0.323 e. The van der Waals surface area contributed by atoms with Crippen molar-refractivity contribution in [3.05, 3.63) is 59.4 Å². The van der Waals surface area contributed by atoms with Gasteiger partial charge in [0.2, 0.25) is 0 Å². The largest absolute Gasteiger partial charge is 0.389 e. The molecular formula is C15H14FN3OS. The van der Waals surface area contributed by atoms with Gasteiger partial charge in [-0.05, 0) is 42.8 Å². The minimum atomic E-state index is -0.454. The zero-order valence-corrected chi connectivity index (χ0v) is 12.1. The van der Waals surface area contributed by atoms with Crippen LogP contribution in [-0.4, -0.2) is 11.0 Å². The number of carbonyl (C=O) groups excluding carboxylic acids is 1. The van der Waals surface area contributed by atoms with E-state index < -0.39 is 6.03 Å². The molecule has 2 aromatic carbocycles. The number of hydrogen-bond donors (Lipinski definition) is 3. The van der Waals surface area contributed by atoms with Gasteiger partial charge in [0.05, 0.1) is 5.69 Å². The first kappa shape index (κ1) is 14.9. The quantitative estimate of drug-likeness (QED) is 0.761. The minimum absolute atomic E-state index is 0.213. The summed E-state index contributed by atoms with van der Waals surface area (Å²) < 4.78 is 12.8. The van der Waals surface area contributed by atoms with Gasteiger partial charge < -0.3 is 16.4 Å². The van der Waals surface area contributed by atoms with Crippen molar-refractivity contribution in [3.63, 3.8) is 0 Å². The van der Waals surface area contributed by atoms with Crippen molar-refractivity contribution in [1.82, 2.24) is 0 Å². The molecule has 4 N–H and O–H groups in total.